The van der Waals surface area contributed by atoms with Gasteiger partial charge in [0.05, 0.1) is 5.56 Å². The van der Waals surface area contributed by atoms with Crippen molar-refractivity contribution in [2.24, 2.45) is 0 Å². The van der Waals surface area contributed by atoms with Gasteiger partial charge in [-0.2, -0.15) is 0 Å². The molecule has 58 valence electrons. The van der Waals surface area contributed by atoms with Gasteiger partial charge in [0.1, 0.15) is 10.5 Å². The zero-order valence-electron chi connectivity index (χ0n) is 5.50. The molecule has 0 spiro atoms. The molecule has 0 saturated carbocycles. The molecule has 6 heteroatoms. The number of carbonyl (C=O) groups excluding carboxylic acids is 1. The van der Waals surface area contributed by atoms with Gasteiger partial charge in [-0.3, -0.25) is 4.79 Å². The molecule has 0 radical (unpaired) electrons. The number of aromatic amines is 1. The van der Waals surface area contributed by atoms with Crippen LogP contribution >= 0.6 is 12.2 Å². The third-order valence-corrected chi connectivity index (χ3v) is 1.43. The average molecular weight is 170 g/mol. The van der Waals surface area contributed by atoms with E-state index in [0.29, 0.717) is 6.29 Å². The van der Waals surface area contributed by atoms with Crippen molar-refractivity contribution in [1.82, 2.24) is 9.97 Å². The van der Waals surface area contributed by atoms with E-state index in [9.17, 15) is 4.79 Å². The summed E-state index contributed by atoms with van der Waals surface area (Å²) in [7, 11) is 0. The van der Waals surface area contributed by atoms with Crippen LogP contribution in [-0.4, -0.2) is 16.3 Å². The van der Waals surface area contributed by atoms with Crippen molar-refractivity contribution in [3.05, 3.63) is 10.2 Å². The fraction of sp³-hybridized carbons (Fsp3) is 0. The third-order valence-electron chi connectivity index (χ3n) is 1.12. The summed E-state index contributed by atoms with van der Waals surface area (Å²) in [6.45, 7) is 0. The van der Waals surface area contributed by atoms with E-state index in [1.165, 1.54) is 0 Å². The summed E-state index contributed by atoms with van der Waals surface area (Å²) in [6, 6.07) is 0. The van der Waals surface area contributed by atoms with Crippen molar-refractivity contribution < 1.29 is 4.79 Å². The molecule has 1 rings (SSSR count). The molecule has 1 aromatic heterocycles. The molecule has 0 amide bonds. The molecule has 0 atom stereocenters. The van der Waals surface area contributed by atoms with Crippen LogP contribution in [0.5, 0.6) is 0 Å². The van der Waals surface area contributed by atoms with E-state index in [1.54, 1.807) is 0 Å². The van der Waals surface area contributed by atoms with Crippen LogP contribution < -0.4 is 11.5 Å². The Morgan fingerprint density at radius 3 is 2.64 bits per heavy atom. The Morgan fingerprint density at radius 1 is 1.55 bits per heavy atom. The van der Waals surface area contributed by atoms with Gasteiger partial charge < -0.3 is 16.5 Å². The van der Waals surface area contributed by atoms with Gasteiger partial charge in [-0.05, 0) is 0 Å². The Bertz CT molecular complexity index is 345. The first-order valence-corrected chi connectivity index (χ1v) is 3.16. The van der Waals surface area contributed by atoms with Gasteiger partial charge >= 0.3 is 0 Å². The van der Waals surface area contributed by atoms with Crippen LogP contribution in [0.25, 0.3) is 0 Å². The van der Waals surface area contributed by atoms with Crippen molar-refractivity contribution in [3.8, 4) is 0 Å². The minimum Gasteiger partial charge on any atom is -0.384 e. The van der Waals surface area contributed by atoms with E-state index in [2.05, 4.69) is 9.97 Å². The first kappa shape index (κ1) is 7.67. The van der Waals surface area contributed by atoms with Crippen molar-refractivity contribution >= 4 is 30.3 Å². The standard InChI is InChI=1S/C5H6N4OS/c6-3-2(1-10)4(11)9-5(7)8-3/h1H,(H5,6,7,8,9,11). The van der Waals surface area contributed by atoms with E-state index in [-0.39, 0.29) is 22.0 Å². The summed E-state index contributed by atoms with van der Waals surface area (Å²) in [4.78, 5) is 16.4. The van der Waals surface area contributed by atoms with Crippen LogP contribution in [0, 0.1) is 4.64 Å². The Hall–Kier alpha value is -1.43. The number of nitrogens with two attached hydrogens (primary N) is 2. The van der Waals surface area contributed by atoms with E-state index >= 15 is 0 Å². The lowest BCUT2D eigenvalue weighted by atomic mass is 10.3. The molecule has 5 N–H and O–H groups in total. The zero-order valence-corrected chi connectivity index (χ0v) is 6.31. The van der Waals surface area contributed by atoms with Gasteiger partial charge in [-0.15, -0.1) is 0 Å². The summed E-state index contributed by atoms with van der Waals surface area (Å²) < 4.78 is 0.119. The maximum atomic E-state index is 10.3. The van der Waals surface area contributed by atoms with Gasteiger partial charge in [-0.1, -0.05) is 12.2 Å². The highest BCUT2D eigenvalue weighted by Gasteiger charge is 2.01. The van der Waals surface area contributed by atoms with Crippen molar-refractivity contribution in [2.75, 3.05) is 11.5 Å². The van der Waals surface area contributed by atoms with Crippen LogP contribution in [0.1, 0.15) is 10.4 Å². The quantitative estimate of drug-likeness (QED) is 0.410. The molecule has 5 nitrogen and oxygen atoms in total. The predicted molar refractivity (Wildman–Crippen MR) is 43.6 cm³/mol. The second-order valence-corrected chi connectivity index (χ2v) is 2.26. The van der Waals surface area contributed by atoms with Gasteiger partial charge in [0.2, 0.25) is 0 Å². The number of hydrogen-bond donors (Lipinski definition) is 3. The summed E-state index contributed by atoms with van der Waals surface area (Å²) in [6.07, 6.45) is 0.542. The third kappa shape index (κ3) is 1.35. The molecular formula is C5H6N4OS. The summed E-state index contributed by atoms with van der Waals surface area (Å²) in [5, 5.41) is 0. The fourth-order valence-corrected chi connectivity index (χ4v) is 0.888. The maximum Gasteiger partial charge on any atom is 0.200 e. The second kappa shape index (κ2) is 2.67. The molecule has 0 aliphatic heterocycles. The van der Waals surface area contributed by atoms with Crippen molar-refractivity contribution in [1.29, 1.82) is 0 Å². The van der Waals surface area contributed by atoms with E-state index < -0.39 is 0 Å². The number of carbonyl (C=O) groups is 1. The highest BCUT2D eigenvalue weighted by molar-refractivity contribution is 7.71. The molecule has 0 aliphatic rings. The first-order chi connectivity index (χ1) is 5.15. The molecule has 0 aliphatic carbocycles. The monoisotopic (exact) mass is 170 g/mol. The summed E-state index contributed by atoms with van der Waals surface area (Å²) >= 11 is 4.70. The second-order valence-electron chi connectivity index (χ2n) is 1.87. The molecule has 11 heavy (non-hydrogen) atoms. The first-order valence-electron chi connectivity index (χ1n) is 2.75. The van der Waals surface area contributed by atoms with Gasteiger partial charge in [0.15, 0.2) is 12.2 Å². The highest BCUT2D eigenvalue weighted by Crippen LogP contribution is 2.07. The number of nitrogen functional groups attached to an aromatic ring is 2. The predicted octanol–water partition coefficient (Wildman–Crippen LogP) is 0.116. The van der Waals surface area contributed by atoms with Crippen LogP contribution in [-0.2, 0) is 0 Å². The average Bonchev–Trinajstić information content (AvgIpc) is 1.85. The fourth-order valence-electron chi connectivity index (χ4n) is 0.632. The largest absolute Gasteiger partial charge is 0.384 e. The van der Waals surface area contributed by atoms with Crippen LogP contribution in [0.15, 0.2) is 0 Å². The topological polar surface area (TPSA) is 97.8 Å². The number of nitrogens with one attached hydrogen (secondary N) is 1. The Morgan fingerprint density at radius 2 is 2.18 bits per heavy atom. The molecular weight excluding hydrogens is 164 g/mol. The Labute approximate surface area is 67.4 Å². The van der Waals surface area contributed by atoms with Crippen molar-refractivity contribution in [3.63, 3.8) is 0 Å². The van der Waals surface area contributed by atoms with E-state index in [0.717, 1.165) is 0 Å². The Balaban J connectivity index is 3.49. The number of rotatable bonds is 1. The molecule has 0 bridgehead atoms. The molecule has 0 saturated heterocycles. The molecule has 1 heterocycles. The number of nitrogens with zero attached hydrogens (tertiary/aromatic N) is 1. The van der Waals surface area contributed by atoms with Crippen LogP contribution in [0.3, 0.4) is 0 Å². The molecule has 0 unspecified atom stereocenters. The molecule has 1 aromatic rings. The zero-order chi connectivity index (χ0) is 8.43. The van der Waals surface area contributed by atoms with Gasteiger partial charge in [0, 0.05) is 0 Å². The van der Waals surface area contributed by atoms with E-state index in [1.807, 2.05) is 0 Å². The number of hydrogen-bond acceptors (Lipinski definition) is 5. The van der Waals surface area contributed by atoms with Gasteiger partial charge in [-0.25, -0.2) is 4.98 Å². The smallest absolute Gasteiger partial charge is 0.200 e. The summed E-state index contributed by atoms with van der Waals surface area (Å²) in [5.74, 6) is 0.260. The maximum absolute atomic E-state index is 10.3. The number of anilines is 2. The molecule has 0 fully saturated rings. The highest BCUT2D eigenvalue weighted by atomic mass is 32.1. The van der Waals surface area contributed by atoms with Crippen LogP contribution in [0.4, 0.5) is 11.8 Å². The number of aldehydes is 1. The lowest BCUT2D eigenvalue weighted by molar-refractivity contribution is 0.112. The minimum atomic E-state index is 0.109. The van der Waals surface area contributed by atoms with E-state index in [4.69, 9.17) is 23.7 Å². The van der Waals surface area contributed by atoms with Crippen LogP contribution in [0.2, 0.25) is 0 Å². The van der Waals surface area contributed by atoms with Gasteiger partial charge in [0.25, 0.3) is 0 Å². The number of H-pyrrole nitrogens is 1. The summed E-state index contributed by atoms with van der Waals surface area (Å²) in [5.41, 5.74) is 10.8. The Kier molecular flexibility index (Phi) is 1.86. The molecule has 0 aromatic carbocycles. The lowest BCUT2D eigenvalue weighted by Crippen LogP contribution is -2.03. The lowest BCUT2D eigenvalue weighted by Gasteiger charge is -1.98. The normalized spacial score (nSPS) is 9.45. The SMILES string of the molecule is Nc1nc(=S)c(C=O)c(N)[nH]1. The minimum absolute atomic E-state index is 0.109. The van der Waals surface area contributed by atoms with Crippen molar-refractivity contribution in [2.45, 2.75) is 0 Å². The number of aromatic nitrogens is 2.